The minimum Gasteiger partial charge on any atom is -0.354 e. The van der Waals surface area contributed by atoms with Gasteiger partial charge < -0.3 is 10.6 Å². The monoisotopic (exact) mass is 239 g/mol. The van der Waals surface area contributed by atoms with Crippen LogP contribution in [0.3, 0.4) is 0 Å². The SMILES string of the molecule is CC(C)(C)NCCC(=O)NCCn1ccnn1. The zero-order valence-corrected chi connectivity index (χ0v) is 10.7. The van der Waals surface area contributed by atoms with Gasteiger partial charge >= 0.3 is 0 Å². The third kappa shape index (κ3) is 6.68. The van der Waals surface area contributed by atoms with Crippen LogP contribution in [0.25, 0.3) is 0 Å². The van der Waals surface area contributed by atoms with Gasteiger partial charge in [0.15, 0.2) is 0 Å². The normalized spacial score (nSPS) is 11.5. The zero-order valence-electron chi connectivity index (χ0n) is 10.7. The Morgan fingerprint density at radius 2 is 2.12 bits per heavy atom. The average Bonchev–Trinajstić information content (AvgIpc) is 2.68. The predicted molar refractivity (Wildman–Crippen MR) is 65.4 cm³/mol. The molecule has 0 fully saturated rings. The highest BCUT2D eigenvalue weighted by atomic mass is 16.1. The van der Waals surface area contributed by atoms with Crippen molar-refractivity contribution in [2.45, 2.75) is 39.3 Å². The van der Waals surface area contributed by atoms with E-state index in [1.807, 2.05) is 0 Å². The van der Waals surface area contributed by atoms with E-state index in [2.05, 4.69) is 41.7 Å². The fraction of sp³-hybridized carbons (Fsp3) is 0.727. The van der Waals surface area contributed by atoms with E-state index in [0.29, 0.717) is 26.1 Å². The van der Waals surface area contributed by atoms with Gasteiger partial charge in [0.25, 0.3) is 0 Å². The van der Waals surface area contributed by atoms with Crippen molar-refractivity contribution in [3.05, 3.63) is 12.4 Å². The van der Waals surface area contributed by atoms with Crippen LogP contribution in [0.5, 0.6) is 0 Å². The minimum absolute atomic E-state index is 0.0566. The van der Waals surface area contributed by atoms with Crippen molar-refractivity contribution in [3.8, 4) is 0 Å². The van der Waals surface area contributed by atoms with Crippen LogP contribution in [-0.4, -0.2) is 39.5 Å². The van der Waals surface area contributed by atoms with Crippen molar-refractivity contribution < 1.29 is 4.79 Å². The number of hydrogen-bond donors (Lipinski definition) is 2. The average molecular weight is 239 g/mol. The lowest BCUT2D eigenvalue weighted by molar-refractivity contribution is -0.121. The Morgan fingerprint density at radius 3 is 2.71 bits per heavy atom. The molecule has 17 heavy (non-hydrogen) atoms. The lowest BCUT2D eigenvalue weighted by Gasteiger charge is -2.20. The van der Waals surface area contributed by atoms with Crippen molar-refractivity contribution in [1.29, 1.82) is 0 Å². The second kappa shape index (κ2) is 6.34. The fourth-order valence-electron chi connectivity index (χ4n) is 1.30. The van der Waals surface area contributed by atoms with Gasteiger partial charge in [0.2, 0.25) is 5.91 Å². The zero-order chi connectivity index (χ0) is 12.7. The highest BCUT2D eigenvalue weighted by Crippen LogP contribution is 1.97. The highest BCUT2D eigenvalue weighted by Gasteiger charge is 2.09. The van der Waals surface area contributed by atoms with Crippen molar-refractivity contribution in [3.63, 3.8) is 0 Å². The largest absolute Gasteiger partial charge is 0.354 e. The summed E-state index contributed by atoms with van der Waals surface area (Å²) in [6.07, 6.45) is 3.89. The Labute approximate surface area is 102 Å². The first-order valence-electron chi connectivity index (χ1n) is 5.83. The summed E-state index contributed by atoms with van der Waals surface area (Å²) in [4.78, 5) is 11.5. The molecule has 2 N–H and O–H groups in total. The number of amides is 1. The molecule has 6 heteroatoms. The first kappa shape index (κ1) is 13.6. The van der Waals surface area contributed by atoms with Crippen molar-refractivity contribution in [2.24, 2.45) is 0 Å². The number of nitrogens with one attached hydrogen (secondary N) is 2. The predicted octanol–water partition coefficient (Wildman–Crippen LogP) is 0.173. The lowest BCUT2D eigenvalue weighted by atomic mass is 10.1. The number of nitrogens with zero attached hydrogens (tertiary/aromatic N) is 3. The summed E-state index contributed by atoms with van der Waals surface area (Å²) in [7, 11) is 0. The van der Waals surface area contributed by atoms with E-state index < -0.39 is 0 Å². The van der Waals surface area contributed by atoms with Gasteiger partial charge in [0.05, 0.1) is 12.7 Å². The molecule has 1 aromatic heterocycles. The molecule has 1 aromatic rings. The Bertz CT molecular complexity index is 328. The number of carbonyl (C=O) groups excluding carboxylic acids is 1. The Hall–Kier alpha value is -1.43. The standard InChI is InChI=1S/C11H21N5O/c1-11(2,3)13-5-4-10(17)12-6-8-16-9-7-14-15-16/h7,9,13H,4-6,8H2,1-3H3,(H,12,17). The van der Waals surface area contributed by atoms with Gasteiger partial charge in [-0.2, -0.15) is 0 Å². The Balaban J connectivity index is 2.05. The van der Waals surface area contributed by atoms with Gasteiger partial charge in [-0.25, -0.2) is 0 Å². The second-order valence-electron chi connectivity index (χ2n) is 4.94. The first-order chi connectivity index (χ1) is 7.97. The maximum Gasteiger partial charge on any atom is 0.221 e. The number of aromatic nitrogens is 3. The molecule has 1 amide bonds. The van der Waals surface area contributed by atoms with Gasteiger partial charge in [0.1, 0.15) is 0 Å². The molecule has 0 saturated carbocycles. The quantitative estimate of drug-likeness (QED) is 0.742. The van der Waals surface area contributed by atoms with Gasteiger partial charge in [-0.05, 0) is 20.8 Å². The van der Waals surface area contributed by atoms with Crippen LogP contribution in [0.1, 0.15) is 27.2 Å². The molecule has 0 saturated heterocycles. The van der Waals surface area contributed by atoms with Crippen molar-refractivity contribution >= 4 is 5.91 Å². The molecular weight excluding hydrogens is 218 g/mol. The molecule has 1 heterocycles. The maximum atomic E-state index is 11.5. The summed E-state index contributed by atoms with van der Waals surface area (Å²) in [5.74, 6) is 0.0573. The molecule has 0 atom stereocenters. The molecule has 0 aliphatic carbocycles. The molecular formula is C11H21N5O. The Kier molecular flexibility index (Phi) is 5.09. The molecule has 0 spiro atoms. The molecule has 0 aliphatic rings. The molecule has 0 aromatic carbocycles. The smallest absolute Gasteiger partial charge is 0.221 e. The lowest BCUT2D eigenvalue weighted by Crippen LogP contribution is -2.38. The molecule has 0 bridgehead atoms. The van der Waals surface area contributed by atoms with Crippen LogP contribution in [0.15, 0.2) is 12.4 Å². The fourth-order valence-corrected chi connectivity index (χ4v) is 1.30. The summed E-state index contributed by atoms with van der Waals surface area (Å²) in [5, 5.41) is 13.6. The van der Waals surface area contributed by atoms with Crippen LogP contribution in [0.2, 0.25) is 0 Å². The number of hydrogen-bond acceptors (Lipinski definition) is 4. The van der Waals surface area contributed by atoms with Gasteiger partial charge in [-0.15, -0.1) is 5.10 Å². The van der Waals surface area contributed by atoms with E-state index in [1.165, 1.54) is 0 Å². The summed E-state index contributed by atoms with van der Waals surface area (Å²) in [6.45, 7) is 8.16. The molecule has 1 rings (SSSR count). The van der Waals surface area contributed by atoms with Crippen LogP contribution in [0.4, 0.5) is 0 Å². The van der Waals surface area contributed by atoms with E-state index in [4.69, 9.17) is 0 Å². The third-order valence-electron chi connectivity index (χ3n) is 2.14. The minimum atomic E-state index is 0.0566. The van der Waals surface area contributed by atoms with Gasteiger partial charge in [-0.1, -0.05) is 5.21 Å². The first-order valence-corrected chi connectivity index (χ1v) is 5.83. The Morgan fingerprint density at radius 1 is 1.35 bits per heavy atom. The molecule has 0 unspecified atom stereocenters. The van der Waals surface area contributed by atoms with Crippen molar-refractivity contribution in [1.82, 2.24) is 25.6 Å². The van der Waals surface area contributed by atoms with E-state index in [1.54, 1.807) is 17.1 Å². The van der Waals surface area contributed by atoms with E-state index in [9.17, 15) is 4.79 Å². The summed E-state index contributed by atoms with van der Waals surface area (Å²) >= 11 is 0. The maximum absolute atomic E-state index is 11.5. The topological polar surface area (TPSA) is 71.8 Å². The third-order valence-corrected chi connectivity index (χ3v) is 2.14. The summed E-state index contributed by atoms with van der Waals surface area (Å²) < 4.78 is 1.69. The van der Waals surface area contributed by atoms with Gasteiger partial charge in [-0.3, -0.25) is 9.48 Å². The molecule has 0 radical (unpaired) electrons. The van der Waals surface area contributed by atoms with E-state index in [0.717, 1.165) is 0 Å². The number of carbonyl (C=O) groups is 1. The van der Waals surface area contributed by atoms with Crippen LogP contribution in [-0.2, 0) is 11.3 Å². The van der Waals surface area contributed by atoms with E-state index >= 15 is 0 Å². The van der Waals surface area contributed by atoms with Crippen molar-refractivity contribution in [2.75, 3.05) is 13.1 Å². The molecule has 6 nitrogen and oxygen atoms in total. The number of rotatable bonds is 6. The second-order valence-corrected chi connectivity index (χ2v) is 4.94. The van der Waals surface area contributed by atoms with E-state index in [-0.39, 0.29) is 11.4 Å². The van der Waals surface area contributed by atoms with Crippen LogP contribution < -0.4 is 10.6 Å². The summed E-state index contributed by atoms with van der Waals surface area (Å²) in [5.41, 5.74) is 0.0566. The molecule has 0 aliphatic heterocycles. The van der Waals surface area contributed by atoms with Crippen LogP contribution >= 0.6 is 0 Å². The van der Waals surface area contributed by atoms with Crippen LogP contribution in [0, 0.1) is 0 Å². The summed E-state index contributed by atoms with van der Waals surface area (Å²) in [6, 6.07) is 0. The van der Waals surface area contributed by atoms with Gasteiger partial charge in [0, 0.05) is 31.2 Å². The highest BCUT2D eigenvalue weighted by molar-refractivity contribution is 5.75. The molecule has 96 valence electrons.